The lowest BCUT2D eigenvalue weighted by molar-refractivity contribution is 0.102. The number of nitrogens with one attached hydrogen (secondary N) is 1. The van der Waals surface area contributed by atoms with Gasteiger partial charge in [-0.25, -0.2) is 4.39 Å². The standard InChI is InChI=1S/C18H19ClFNO3/c1-3-23-11-13-9-12(5-8-17(13)24-4-2)18(22)21-14-6-7-16(20)15(19)10-14/h5-10H,3-4,11H2,1-2H3,(H,21,22). The highest BCUT2D eigenvalue weighted by Gasteiger charge is 2.12. The van der Waals surface area contributed by atoms with Crippen molar-refractivity contribution in [3.63, 3.8) is 0 Å². The van der Waals surface area contributed by atoms with Crippen molar-refractivity contribution < 1.29 is 18.7 Å². The quantitative estimate of drug-likeness (QED) is 0.788. The Hall–Kier alpha value is -2.11. The molecule has 1 amide bonds. The van der Waals surface area contributed by atoms with Crippen LogP contribution in [0.4, 0.5) is 10.1 Å². The molecule has 0 radical (unpaired) electrons. The zero-order chi connectivity index (χ0) is 17.5. The van der Waals surface area contributed by atoms with Crippen LogP contribution in [0, 0.1) is 5.82 Å². The predicted octanol–water partition coefficient (Wildman–Crippen LogP) is 4.67. The highest BCUT2D eigenvalue weighted by atomic mass is 35.5. The molecule has 0 aromatic heterocycles. The SMILES string of the molecule is CCOCc1cc(C(=O)Nc2ccc(F)c(Cl)c2)ccc1OCC. The van der Waals surface area contributed by atoms with Crippen LogP contribution in [0.25, 0.3) is 0 Å². The van der Waals surface area contributed by atoms with Crippen molar-refractivity contribution in [2.75, 3.05) is 18.5 Å². The maximum Gasteiger partial charge on any atom is 0.255 e. The number of halogens is 2. The third kappa shape index (κ3) is 4.69. The van der Waals surface area contributed by atoms with Crippen LogP contribution in [-0.2, 0) is 11.3 Å². The van der Waals surface area contributed by atoms with E-state index in [-0.39, 0.29) is 10.9 Å². The first-order valence-electron chi connectivity index (χ1n) is 7.65. The van der Waals surface area contributed by atoms with E-state index in [1.54, 1.807) is 18.2 Å². The zero-order valence-electron chi connectivity index (χ0n) is 13.6. The molecular formula is C18H19ClFNO3. The number of carbonyl (C=O) groups excluding carboxylic acids is 1. The van der Waals surface area contributed by atoms with Crippen LogP contribution in [0.3, 0.4) is 0 Å². The van der Waals surface area contributed by atoms with Gasteiger partial charge in [-0.1, -0.05) is 11.6 Å². The number of carbonyl (C=O) groups is 1. The summed E-state index contributed by atoms with van der Waals surface area (Å²) in [4.78, 5) is 12.4. The monoisotopic (exact) mass is 351 g/mol. The van der Waals surface area contributed by atoms with Crippen molar-refractivity contribution in [3.05, 3.63) is 58.4 Å². The largest absolute Gasteiger partial charge is 0.494 e. The van der Waals surface area contributed by atoms with Crippen molar-refractivity contribution in [2.45, 2.75) is 20.5 Å². The van der Waals surface area contributed by atoms with Gasteiger partial charge in [0.1, 0.15) is 11.6 Å². The fraction of sp³-hybridized carbons (Fsp3) is 0.278. The summed E-state index contributed by atoms with van der Waals surface area (Å²) < 4.78 is 24.1. The molecule has 0 bridgehead atoms. The van der Waals surface area contributed by atoms with Gasteiger partial charge in [0.2, 0.25) is 0 Å². The average Bonchev–Trinajstić information content (AvgIpc) is 2.57. The second-order valence-corrected chi connectivity index (χ2v) is 5.38. The maximum absolute atomic E-state index is 13.2. The summed E-state index contributed by atoms with van der Waals surface area (Å²) >= 11 is 5.72. The first-order chi connectivity index (χ1) is 11.5. The molecule has 4 nitrogen and oxygen atoms in total. The van der Waals surface area contributed by atoms with Crippen LogP contribution < -0.4 is 10.1 Å². The summed E-state index contributed by atoms with van der Waals surface area (Å²) in [5.41, 5.74) is 1.67. The molecule has 128 valence electrons. The van der Waals surface area contributed by atoms with E-state index < -0.39 is 5.82 Å². The normalized spacial score (nSPS) is 10.5. The predicted molar refractivity (Wildman–Crippen MR) is 92.3 cm³/mol. The lowest BCUT2D eigenvalue weighted by atomic mass is 10.1. The Morgan fingerprint density at radius 3 is 2.62 bits per heavy atom. The van der Waals surface area contributed by atoms with E-state index in [4.69, 9.17) is 21.1 Å². The highest BCUT2D eigenvalue weighted by molar-refractivity contribution is 6.31. The molecule has 0 saturated carbocycles. The second kappa shape index (κ2) is 8.66. The molecule has 0 spiro atoms. The molecule has 2 aromatic carbocycles. The molecule has 0 heterocycles. The summed E-state index contributed by atoms with van der Waals surface area (Å²) in [6, 6.07) is 9.16. The average molecular weight is 352 g/mol. The van der Waals surface area contributed by atoms with E-state index >= 15 is 0 Å². The number of benzene rings is 2. The lowest BCUT2D eigenvalue weighted by Gasteiger charge is -2.12. The van der Waals surface area contributed by atoms with Gasteiger partial charge < -0.3 is 14.8 Å². The van der Waals surface area contributed by atoms with Crippen LogP contribution in [0.15, 0.2) is 36.4 Å². The summed E-state index contributed by atoms with van der Waals surface area (Å²) in [7, 11) is 0. The van der Waals surface area contributed by atoms with E-state index in [1.807, 2.05) is 13.8 Å². The number of rotatable bonds is 7. The third-order valence-corrected chi connectivity index (χ3v) is 3.55. The molecule has 0 fully saturated rings. The van der Waals surface area contributed by atoms with Crippen LogP contribution in [0.5, 0.6) is 5.75 Å². The molecule has 0 saturated heterocycles. The van der Waals surface area contributed by atoms with Gasteiger partial charge in [0.25, 0.3) is 5.91 Å². The van der Waals surface area contributed by atoms with E-state index in [0.29, 0.717) is 36.8 Å². The van der Waals surface area contributed by atoms with Gasteiger partial charge in [-0.3, -0.25) is 4.79 Å². The summed E-state index contributed by atoms with van der Waals surface area (Å²) in [6.45, 7) is 5.24. The van der Waals surface area contributed by atoms with Crippen LogP contribution in [0.2, 0.25) is 5.02 Å². The van der Waals surface area contributed by atoms with E-state index in [2.05, 4.69) is 5.32 Å². The topological polar surface area (TPSA) is 47.6 Å². The lowest BCUT2D eigenvalue weighted by Crippen LogP contribution is -2.13. The van der Waals surface area contributed by atoms with E-state index in [0.717, 1.165) is 5.56 Å². The Morgan fingerprint density at radius 1 is 1.17 bits per heavy atom. The minimum atomic E-state index is -0.533. The molecular weight excluding hydrogens is 333 g/mol. The van der Waals surface area contributed by atoms with Crippen molar-refractivity contribution in [3.8, 4) is 5.75 Å². The van der Waals surface area contributed by atoms with Crippen LogP contribution >= 0.6 is 11.6 Å². The van der Waals surface area contributed by atoms with E-state index in [9.17, 15) is 9.18 Å². The van der Waals surface area contributed by atoms with Crippen LogP contribution in [-0.4, -0.2) is 19.1 Å². The van der Waals surface area contributed by atoms with Crippen molar-refractivity contribution in [1.82, 2.24) is 0 Å². The van der Waals surface area contributed by atoms with Crippen molar-refractivity contribution in [1.29, 1.82) is 0 Å². The maximum atomic E-state index is 13.2. The summed E-state index contributed by atoms with van der Waals surface area (Å²) in [5.74, 6) is -0.166. The molecule has 0 unspecified atom stereocenters. The van der Waals surface area contributed by atoms with E-state index in [1.165, 1.54) is 18.2 Å². The van der Waals surface area contributed by atoms with Crippen molar-refractivity contribution >= 4 is 23.2 Å². The molecule has 6 heteroatoms. The third-order valence-electron chi connectivity index (χ3n) is 3.26. The summed E-state index contributed by atoms with van der Waals surface area (Å²) in [6.07, 6.45) is 0. The van der Waals surface area contributed by atoms with Gasteiger partial charge in [0, 0.05) is 23.4 Å². The van der Waals surface area contributed by atoms with Gasteiger partial charge in [-0.15, -0.1) is 0 Å². The number of amides is 1. The Bertz CT molecular complexity index is 721. The van der Waals surface area contributed by atoms with Gasteiger partial charge >= 0.3 is 0 Å². The molecule has 0 aliphatic heterocycles. The number of hydrogen-bond acceptors (Lipinski definition) is 3. The van der Waals surface area contributed by atoms with Gasteiger partial charge in [0.15, 0.2) is 0 Å². The first-order valence-corrected chi connectivity index (χ1v) is 8.02. The number of hydrogen-bond donors (Lipinski definition) is 1. The zero-order valence-corrected chi connectivity index (χ0v) is 14.3. The Kier molecular flexibility index (Phi) is 6.58. The molecule has 24 heavy (non-hydrogen) atoms. The summed E-state index contributed by atoms with van der Waals surface area (Å²) in [5, 5.41) is 2.64. The Morgan fingerprint density at radius 2 is 1.96 bits per heavy atom. The van der Waals surface area contributed by atoms with Crippen LogP contribution in [0.1, 0.15) is 29.8 Å². The number of anilines is 1. The smallest absolute Gasteiger partial charge is 0.255 e. The Balaban J connectivity index is 2.20. The first kappa shape index (κ1) is 18.2. The number of ether oxygens (including phenoxy) is 2. The Labute approximate surface area is 145 Å². The fourth-order valence-corrected chi connectivity index (χ4v) is 2.30. The minimum absolute atomic E-state index is 0.0449. The fourth-order valence-electron chi connectivity index (χ4n) is 2.12. The van der Waals surface area contributed by atoms with Crippen molar-refractivity contribution in [2.24, 2.45) is 0 Å². The molecule has 0 atom stereocenters. The molecule has 1 N–H and O–H groups in total. The second-order valence-electron chi connectivity index (χ2n) is 4.98. The minimum Gasteiger partial charge on any atom is -0.494 e. The molecule has 0 aliphatic rings. The van der Waals surface area contributed by atoms with Gasteiger partial charge in [0.05, 0.1) is 18.2 Å². The highest BCUT2D eigenvalue weighted by Crippen LogP contribution is 2.23. The molecule has 2 rings (SSSR count). The molecule has 2 aromatic rings. The molecule has 0 aliphatic carbocycles. The van der Waals surface area contributed by atoms with Gasteiger partial charge in [-0.2, -0.15) is 0 Å². The van der Waals surface area contributed by atoms with Gasteiger partial charge in [-0.05, 0) is 50.2 Å².